The van der Waals surface area contributed by atoms with E-state index >= 15 is 0 Å². The van der Waals surface area contributed by atoms with E-state index in [2.05, 4.69) is 5.32 Å². The van der Waals surface area contributed by atoms with Gasteiger partial charge in [-0.05, 0) is 66.4 Å². The number of urea groups is 1. The molecule has 2 heterocycles. The molecule has 0 spiro atoms. The van der Waals surface area contributed by atoms with Crippen molar-refractivity contribution in [3.63, 3.8) is 0 Å². The topological polar surface area (TPSA) is 61.9 Å². The zero-order valence-electron chi connectivity index (χ0n) is 17.1. The fourth-order valence-corrected chi connectivity index (χ4v) is 3.91. The van der Waals surface area contributed by atoms with Crippen molar-refractivity contribution in [3.8, 4) is 0 Å². The molecule has 1 aliphatic heterocycles. The summed E-state index contributed by atoms with van der Waals surface area (Å²) < 4.78 is 18.9. The van der Waals surface area contributed by atoms with Crippen molar-refractivity contribution in [3.05, 3.63) is 57.5 Å². The predicted octanol–water partition coefficient (Wildman–Crippen LogP) is 4.52. The van der Waals surface area contributed by atoms with E-state index < -0.39 is 11.7 Å². The molecule has 0 aliphatic carbocycles. The molecule has 1 aliphatic rings. The van der Waals surface area contributed by atoms with Crippen LogP contribution in [0.1, 0.15) is 43.5 Å². The van der Waals surface area contributed by atoms with Gasteiger partial charge < -0.3 is 19.9 Å². The molecular weight excluding hydrogens is 393 g/mol. The Labute approximate surface area is 174 Å². The van der Waals surface area contributed by atoms with E-state index in [0.717, 1.165) is 16.7 Å². The second-order valence-electron chi connectivity index (χ2n) is 8.12. The fraction of sp³-hybridized carbons (Fsp3) is 0.429. The number of likely N-dealkylation sites (N-methyl/N-ethyl adjacent to an activating group) is 1. The van der Waals surface area contributed by atoms with Crippen molar-refractivity contribution < 1.29 is 18.7 Å². The number of hydrogen-bond donors (Lipinski definition) is 1. The van der Waals surface area contributed by atoms with Crippen molar-refractivity contribution in [2.45, 2.75) is 45.5 Å². The van der Waals surface area contributed by atoms with Gasteiger partial charge in [0.15, 0.2) is 0 Å². The Kier molecular flexibility index (Phi) is 6.12. The minimum Gasteiger partial charge on any atom is -0.444 e. The molecule has 0 saturated heterocycles. The van der Waals surface area contributed by atoms with E-state index in [-0.39, 0.29) is 24.4 Å². The number of ether oxygens (including phenoxy) is 1. The molecule has 1 aromatic carbocycles. The molecule has 2 aromatic rings. The minimum atomic E-state index is -0.607. The van der Waals surface area contributed by atoms with Crippen LogP contribution in [0, 0.1) is 5.82 Å². The van der Waals surface area contributed by atoms with Crippen molar-refractivity contribution in [1.29, 1.82) is 0 Å². The first-order valence-corrected chi connectivity index (χ1v) is 10.4. The maximum atomic E-state index is 13.4. The summed E-state index contributed by atoms with van der Waals surface area (Å²) >= 11 is 1.53. The molecule has 1 atom stereocenters. The predicted molar refractivity (Wildman–Crippen MR) is 110 cm³/mol. The summed E-state index contributed by atoms with van der Waals surface area (Å²) in [7, 11) is 1.66. The first-order valence-electron chi connectivity index (χ1n) is 9.42. The molecule has 3 rings (SSSR count). The summed E-state index contributed by atoms with van der Waals surface area (Å²) in [6, 6.07) is 5.90. The molecule has 0 fully saturated rings. The molecule has 1 N–H and O–H groups in total. The van der Waals surface area contributed by atoms with E-state index in [4.69, 9.17) is 4.74 Å². The number of hydrogen-bond acceptors (Lipinski definition) is 4. The van der Waals surface area contributed by atoms with Crippen molar-refractivity contribution >= 4 is 23.5 Å². The molecule has 0 radical (unpaired) electrons. The SMILES string of the molecule is CN(C(=O)OC(C)(C)C)C(CNC(=O)N1Cc2ccc(F)cc2C1)c1ccsc1. The molecule has 8 heteroatoms. The van der Waals surface area contributed by atoms with Gasteiger partial charge in [-0.25, -0.2) is 14.0 Å². The molecule has 1 aromatic heterocycles. The first kappa shape index (κ1) is 21.1. The summed E-state index contributed by atoms with van der Waals surface area (Å²) in [5.74, 6) is -0.303. The Morgan fingerprint density at radius 2 is 2.00 bits per heavy atom. The highest BCUT2D eigenvalue weighted by molar-refractivity contribution is 7.08. The maximum absolute atomic E-state index is 13.4. The quantitative estimate of drug-likeness (QED) is 0.793. The highest BCUT2D eigenvalue weighted by Crippen LogP contribution is 2.25. The average molecular weight is 420 g/mol. The van der Waals surface area contributed by atoms with Crippen LogP contribution in [0.15, 0.2) is 35.0 Å². The van der Waals surface area contributed by atoms with Crippen LogP contribution in [0.3, 0.4) is 0 Å². The third-order valence-electron chi connectivity index (χ3n) is 4.70. The van der Waals surface area contributed by atoms with Crippen LogP contribution in [0.5, 0.6) is 0 Å². The summed E-state index contributed by atoms with van der Waals surface area (Å²) in [6.07, 6.45) is -0.452. The summed E-state index contributed by atoms with van der Waals surface area (Å²) in [4.78, 5) is 28.3. The second kappa shape index (κ2) is 8.41. The molecule has 1 unspecified atom stereocenters. The van der Waals surface area contributed by atoms with Gasteiger partial charge >= 0.3 is 12.1 Å². The van der Waals surface area contributed by atoms with Gasteiger partial charge in [0, 0.05) is 26.7 Å². The average Bonchev–Trinajstić information content (AvgIpc) is 3.29. The van der Waals surface area contributed by atoms with Gasteiger partial charge in [0.2, 0.25) is 0 Å². The standard InChI is InChI=1S/C21H26FN3O3S/c1-21(2,3)28-20(27)24(4)18(15-7-8-29-13-15)10-23-19(26)25-11-14-5-6-17(22)9-16(14)12-25/h5-9,13,18H,10-12H2,1-4H3,(H,23,26). The number of carbonyl (C=O) groups is 2. The molecule has 6 nitrogen and oxygen atoms in total. The Bertz CT molecular complexity index is 880. The van der Waals surface area contributed by atoms with Crippen molar-refractivity contribution in [1.82, 2.24) is 15.1 Å². The number of benzene rings is 1. The smallest absolute Gasteiger partial charge is 0.410 e. The van der Waals surface area contributed by atoms with Crippen molar-refractivity contribution in [2.24, 2.45) is 0 Å². The molecular formula is C21H26FN3O3S. The Morgan fingerprint density at radius 3 is 2.66 bits per heavy atom. The number of rotatable bonds is 4. The lowest BCUT2D eigenvalue weighted by Gasteiger charge is -2.31. The lowest BCUT2D eigenvalue weighted by molar-refractivity contribution is 0.0219. The second-order valence-corrected chi connectivity index (χ2v) is 8.90. The van der Waals surface area contributed by atoms with Crippen LogP contribution >= 0.6 is 11.3 Å². The number of nitrogens with zero attached hydrogens (tertiary/aromatic N) is 2. The van der Waals surface area contributed by atoms with E-state index in [0.29, 0.717) is 13.1 Å². The van der Waals surface area contributed by atoms with Gasteiger partial charge in [-0.1, -0.05) is 6.07 Å². The Balaban J connectivity index is 1.65. The summed E-state index contributed by atoms with van der Waals surface area (Å²) in [6.45, 7) is 6.49. The highest BCUT2D eigenvalue weighted by Gasteiger charge is 2.29. The summed E-state index contributed by atoms with van der Waals surface area (Å²) in [5, 5.41) is 6.79. The van der Waals surface area contributed by atoms with Gasteiger partial charge in [0.05, 0.1) is 6.04 Å². The van der Waals surface area contributed by atoms with Gasteiger partial charge in [-0.2, -0.15) is 11.3 Å². The molecule has 0 bridgehead atoms. The number of amides is 3. The fourth-order valence-electron chi connectivity index (χ4n) is 3.21. The van der Waals surface area contributed by atoms with E-state index in [1.54, 1.807) is 18.0 Å². The Morgan fingerprint density at radius 1 is 1.28 bits per heavy atom. The van der Waals surface area contributed by atoms with Crippen LogP contribution < -0.4 is 5.32 Å². The number of thiophene rings is 1. The van der Waals surface area contributed by atoms with Gasteiger partial charge in [-0.15, -0.1) is 0 Å². The van der Waals surface area contributed by atoms with Crippen LogP contribution in [-0.2, 0) is 17.8 Å². The highest BCUT2D eigenvalue weighted by atomic mass is 32.1. The monoisotopic (exact) mass is 419 g/mol. The molecule has 3 amide bonds. The number of halogens is 1. The maximum Gasteiger partial charge on any atom is 0.410 e. The lowest BCUT2D eigenvalue weighted by Crippen LogP contribution is -2.44. The van der Waals surface area contributed by atoms with Gasteiger partial charge in [-0.3, -0.25) is 0 Å². The third-order valence-corrected chi connectivity index (χ3v) is 5.40. The number of fused-ring (bicyclic) bond motifs is 1. The zero-order chi connectivity index (χ0) is 21.2. The number of carbonyl (C=O) groups excluding carboxylic acids is 2. The largest absolute Gasteiger partial charge is 0.444 e. The minimum absolute atomic E-state index is 0.243. The normalized spacial score (nSPS) is 14.3. The van der Waals surface area contributed by atoms with E-state index in [1.807, 2.05) is 37.6 Å². The molecule has 29 heavy (non-hydrogen) atoms. The number of nitrogens with one attached hydrogen (secondary N) is 1. The van der Waals surface area contributed by atoms with Crippen LogP contribution in [0.2, 0.25) is 0 Å². The molecule has 156 valence electrons. The van der Waals surface area contributed by atoms with Crippen LogP contribution in [0.25, 0.3) is 0 Å². The van der Waals surface area contributed by atoms with E-state index in [9.17, 15) is 14.0 Å². The molecule has 0 saturated carbocycles. The summed E-state index contributed by atoms with van der Waals surface area (Å²) in [5.41, 5.74) is 2.09. The van der Waals surface area contributed by atoms with Crippen molar-refractivity contribution in [2.75, 3.05) is 13.6 Å². The van der Waals surface area contributed by atoms with E-state index in [1.165, 1.54) is 28.4 Å². The third kappa shape index (κ3) is 5.26. The van der Waals surface area contributed by atoms with Gasteiger partial charge in [0.1, 0.15) is 11.4 Å². The van der Waals surface area contributed by atoms with Crippen LogP contribution in [0.4, 0.5) is 14.0 Å². The van der Waals surface area contributed by atoms with Crippen LogP contribution in [-0.4, -0.2) is 41.1 Å². The zero-order valence-corrected chi connectivity index (χ0v) is 17.9. The van der Waals surface area contributed by atoms with Gasteiger partial charge in [0.25, 0.3) is 0 Å². The first-order chi connectivity index (χ1) is 13.6. The Hall–Kier alpha value is -2.61. The lowest BCUT2D eigenvalue weighted by atomic mass is 10.1.